The molecule has 1 aliphatic rings. The molecule has 0 N–H and O–H groups in total. The van der Waals surface area contributed by atoms with E-state index < -0.39 is 0 Å². The molecule has 5 nitrogen and oxygen atoms in total. The summed E-state index contributed by atoms with van der Waals surface area (Å²) >= 11 is 1.46. The monoisotopic (exact) mass is 332 g/mol. The molecule has 1 aromatic carbocycles. The summed E-state index contributed by atoms with van der Waals surface area (Å²) in [5.74, 6) is -0.369. The third-order valence-electron chi connectivity index (χ3n) is 4.29. The lowest BCUT2D eigenvalue weighted by Crippen LogP contribution is -2.26. The number of benzene rings is 1. The van der Waals surface area contributed by atoms with E-state index in [1.165, 1.54) is 18.4 Å². The van der Waals surface area contributed by atoms with Crippen LogP contribution in [0.4, 0.5) is 0 Å². The SMILES string of the molecule is COC(=O)Cn1c(=NC(=O)C2CCC2)sc2c(C)cc(C)cc21. The summed E-state index contributed by atoms with van der Waals surface area (Å²) in [7, 11) is 1.37. The molecule has 0 unspecified atom stereocenters. The van der Waals surface area contributed by atoms with E-state index in [1.54, 1.807) is 4.57 Å². The summed E-state index contributed by atoms with van der Waals surface area (Å²) < 4.78 is 7.64. The minimum Gasteiger partial charge on any atom is -0.468 e. The maximum atomic E-state index is 12.2. The molecule has 3 rings (SSSR count). The number of fused-ring (bicyclic) bond motifs is 1. The molecule has 1 amide bonds. The number of methoxy groups -OCH3 is 1. The summed E-state index contributed by atoms with van der Waals surface area (Å²) in [4.78, 5) is 28.9. The zero-order valence-corrected chi connectivity index (χ0v) is 14.4. The predicted octanol–water partition coefficient (Wildman–Crippen LogP) is 2.72. The molecule has 1 aromatic heterocycles. The minimum atomic E-state index is -0.346. The highest BCUT2D eigenvalue weighted by Crippen LogP contribution is 2.28. The van der Waals surface area contributed by atoms with Crippen molar-refractivity contribution in [3.05, 3.63) is 28.1 Å². The van der Waals surface area contributed by atoms with Gasteiger partial charge in [0.1, 0.15) is 6.54 Å². The smallest absolute Gasteiger partial charge is 0.325 e. The average Bonchev–Trinajstić information content (AvgIpc) is 2.75. The highest BCUT2D eigenvalue weighted by molar-refractivity contribution is 7.16. The van der Waals surface area contributed by atoms with Crippen molar-refractivity contribution >= 4 is 33.4 Å². The minimum absolute atomic E-state index is 0.0506. The zero-order chi connectivity index (χ0) is 16.6. The number of rotatable bonds is 3. The van der Waals surface area contributed by atoms with Crippen LogP contribution in [0.5, 0.6) is 0 Å². The van der Waals surface area contributed by atoms with Crippen molar-refractivity contribution in [2.75, 3.05) is 7.11 Å². The van der Waals surface area contributed by atoms with Gasteiger partial charge in [-0.2, -0.15) is 4.99 Å². The van der Waals surface area contributed by atoms with E-state index in [0.717, 1.165) is 40.6 Å². The van der Waals surface area contributed by atoms with Crippen molar-refractivity contribution in [3.8, 4) is 0 Å². The Balaban J connectivity index is 2.16. The van der Waals surface area contributed by atoms with Crippen molar-refractivity contribution in [3.63, 3.8) is 0 Å². The van der Waals surface area contributed by atoms with Gasteiger partial charge in [0.25, 0.3) is 5.91 Å². The molecule has 1 heterocycles. The van der Waals surface area contributed by atoms with Crippen LogP contribution in [-0.4, -0.2) is 23.6 Å². The zero-order valence-electron chi connectivity index (χ0n) is 13.6. The van der Waals surface area contributed by atoms with Gasteiger partial charge in [-0.15, -0.1) is 0 Å². The number of esters is 1. The third kappa shape index (κ3) is 3.08. The fourth-order valence-corrected chi connectivity index (χ4v) is 3.87. The second-order valence-electron chi connectivity index (χ2n) is 6.05. The average molecular weight is 332 g/mol. The number of hydrogen-bond donors (Lipinski definition) is 0. The van der Waals surface area contributed by atoms with Crippen molar-refractivity contribution in [1.82, 2.24) is 4.57 Å². The maximum absolute atomic E-state index is 12.2. The molecule has 0 radical (unpaired) electrons. The first-order chi connectivity index (χ1) is 11.0. The first kappa shape index (κ1) is 15.9. The van der Waals surface area contributed by atoms with Gasteiger partial charge in [-0.05, 0) is 43.9 Å². The molecule has 0 atom stereocenters. The molecule has 0 aliphatic heterocycles. The van der Waals surface area contributed by atoms with Gasteiger partial charge < -0.3 is 9.30 Å². The molecule has 6 heteroatoms. The van der Waals surface area contributed by atoms with Gasteiger partial charge >= 0.3 is 5.97 Å². The predicted molar refractivity (Wildman–Crippen MR) is 89.2 cm³/mol. The van der Waals surface area contributed by atoms with E-state index in [-0.39, 0.29) is 24.3 Å². The lowest BCUT2D eigenvalue weighted by Gasteiger charge is -2.20. The Morgan fingerprint density at radius 2 is 2.09 bits per heavy atom. The molecule has 2 aromatic rings. The van der Waals surface area contributed by atoms with E-state index in [2.05, 4.69) is 11.1 Å². The quantitative estimate of drug-likeness (QED) is 0.812. The van der Waals surface area contributed by atoms with E-state index in [4.69, 9.17) is 4.74 Å². The number of carbonyl (C=O) groups is 2. The van der Waals surface area contributed by atoms with E-state index >= 15 is 0 Å². The van der Waals surface area contributed by atoms with Crippen LogP contribution in [0.15, 0.2) is 17.1 Å². The highest BCUT2D eigenvalue weighted by Gasteiger charge is 2.25. The van der Waals surface area contributed by atoms with Crippen molar-refractivity contribution < 1.29 is 14.3 Å². The van der Waals surface area contributed by atoms with Crippen LogP contribution in [0.1, 0.15) is 30.4 Å². The highest BCUT2D eigenvalue weighted by atomic mass is 32.1. The molecule has 122 valence electrons. The molecule has 1 aliphatic carbocycles. The Bertz CT molecular complexity index is 843. The van der Waals surface area contributed by atoms with Crippen LogP contribution in [0.25, 0.3) is 10.2 Å². The number of aryl methyl sites for hydroxylation is 2. The standard InChI is InChI=1S/C17H20N2O3S/c1-10-7-11(2)15-13(8-10)19(9-14(20)22-3)17(23-15)18-16(21)12-5-4-6-12/h7-8,12H,4-6,9H2,1-3H3. The van der Waals surface area contributed by atoms with Gasteiger partial charge in [-0.3, -0.25) is 9.59 Å². The van der Waals surface area contributed by atoms with E-state index in [1.807, 2.05) is 19.9 Å². The normalized spacial score (nSPS) is 15.7. The number of nitrogens with zero attached hydrogens (tertiary/aromatic N) is 2. The summed E-state index contributed by atoms with van der Waals surface area (Å²) in [5.41, 5.74) is 3.17. The van der Waals surface area contributed by atoms with E-state index in [9.17, 15) is 9.59 Å². The van der Waals surface area contributed by atoms with Crippen molar-refractivity contribution in [2.24, 2.45) is 10.9 Å². The van der Waals surface area contributed by atoms with Gasteiger partial charge in [-0.25, -0.2) is 0 Å². The van der Waals surface area contributed by atoms with Crippen LogP contribution in [0.2, 0.25) is 0 Å². The number of carbonyl (C=O) groups excluding carboxylic acids is 2. The molecule has 0 spiro atoms. The Morgan fingerprint density at radius 3 is 2.70 bits per heavy atom. The van der Waals surface area contributed by atoms with Crippen molar-refractivity contribution in [1.29, 1.82) is 0 Å². The van der Waals surface area contributed by atoms with Gasteiger partial charge in [0.2, 0.25) is 0 Å². The molecular formula is C17H20N2O3S. The van der Waals surface area contributed by atoms with Crippen LogP contribution >= 0.6 is 11.3 Å². The van der Waals surface area contributed by atoms with Crippen LogP contribution < -0.4 is 4.80 Å². The molecule has 0 bridgehead atoms. The first-order valence-corrected chi connectivity index (χ1v) is 8.57. The fourth-order valence-electron chi connectivity index (χ4n) is 2.79. The Hall–Kier alpha value is -1.95. The molecule has 23 heavy (non-hydrogen) atoms. The Morgan fingerprint density at radius 1 is 1.35 bits per heavy atom. The first-order valence-electron chi connectivity index (χ1n) is 7.75. The van der Waals surface area contributed by atoms with Crippen LogP contribution in [0, 0.1) is 19.8 Å². The second-order valence-corrected chi connectivity index (χ2v) is 7.03. The topological polar surface area (TPSA) is 60.7 Å². The summed E-state index contributed by atoms with van der Waals surface area (Å²) in [6.45, 7) is 4.12. The van der Waals surface area contributed by atoms with Gasteiger partial charge in [0.15, 0.2) is 4.80 Å². The number of ether oxygens (including phenoxy) is 1. The largest absolute Gasteiger partial charge is 0.468 e. The molecule has 0 saturated heterocycles. The third-order valence-corrected chi connectivity index (χ3v) is 5.52. The number of thiazole rings is 1. The number of amides is 1. The number of hydrogen-bond acceptors (Lipinski definition) is 4. The van der Waals surface area contributed by atoms with Gasteiger partial charge in [0.05, 0.1) is 17.3 Å². The fraction of sp³-hybridized carbons (Fsp3) is 0.471. The molecule has 1 fully saturated rings. The van der Waals surface area contributed by atoms with Crippen LogP contribution in [-0.2, 0) is 20.9 Å². The van der Waals surface area contributed by atoms with Crippen LogP contribution in [0.3, 0.4) is 0 Å². The van der Waals surface area contributed by atoms with Gasteiger partial charge in [0, 0.05) is 5.92 Å². The van der Waals surface area contributed by atoms with Crippen molar-refractivity contribution in [2.45, 2.75) is 39.7 Å². The molecule has 1 saturated carbocycles. The lowest BCUT2D eigenvalue weighted by atomic mass is 9.85. The second kappa shape index (κ2) is 6.28. The lowest BCUT2D eigenvalue weighted by molar-refractivity contribution is -0.141. The van der Waals surface area contributed by atoms with E-state index in [0.29, 0.717) is 4.80 Å². The Kier molecular flexibility index (Phi) is 4.35. The number of aromatic nitrogens is 1. The molecular weight excluding hydrogens is 312 g/mol. The van der Waals surface area contributed by atoms with Gasteiger partial charge in [-0.1, -0.05) is 23.8 Å². The summed E-state index contributed by atoms with van der Waals surface area (Å²) in [6.07, 6.45) is 2.93. The maximum Gasteiger partial charge on any atom is 0.325 e. The Labute approximate surface area is 138 Å². The summed E-state index contributed by atoms with van der Waals surface area (Å²) in [5, 5.41) is 0. The summed E-state index contributed by atoms with van der Waals surface area (Å²) in [6, 6.07) is 4.12.